The molecule has 7 heteroatoms. The summed E-state index contributed by atoms with van der Waals surface area (Å²) in [7, 11) is -3.61. The van der Waals surface area contributed by atoms with Crippen LogP contribution in [0.25, 0.3) is 10.9 Å². The van der Waals surface area contributed by atoms with Crippen molar-refractivity contribution in [1.82, 2.24) is 9.29 Å². The van der Waals surface area contributed by atoms with Gasteiger partial charge in [-0.05, 0) is 50.6 Å². The molecule has 0 fully saturated rings. The molecule has 6 nitrogen and oxygen atoms in total. The lowest BCUT2D eigenvalue weighted by Crippen LogP contribution is -2.28. The summed E-state index contributed by atoms with van der Waals surface area (Å²) in [4.78, 5) is 12.6. The van der Waals surface area contributed by atoms with E-state index in [0.717, 1.165) is 22.0 Å². The Morgan fingerprint density at radius 2 is 1.82 bits per heavy atom. The fourth-order valence-electron chi connectivity index (χ4n) is 3.14. The Balaban J connectivity index is 1.85. The van der Waals surface area contributed by atoms with Crippen LogP contribution in [0, 0.1) is 13.8 Å². The first-order chi connectivity index (χ1) is 13.3. The van der Waals surface area contributed by atoms with Crippen LogP contribution in [-0.4, -0.2) is 32.1 Å². The van der Waals surface area contributed by atoms with Crippen LogP contribution in [0.4, 0.5) is 0 Å². The first-order valence-electron chi connectivity index (χ1n) is 9.16. The van der Waals surface area contributed by atoms with Crippen LogP contribution in [-0.2, 0) is 21.3 Å². The van der Waals surface area contributed by atoms with Gasteiger partial charge in [0.15, 0.2) is 0 Å². The van der Waals surface area contributed by atoms with Gasteiger partial charge in [-0.2, -0.15) is 0 Å². The molecule has 3 aromatic rings. The molecule has 0 amide bonds. The molecule has 0 saturated heterocycles. The van der Waals surface area contributed by atoms with Gasteiger partial charge in [0.2, 0.25) is 10.0 Å². The van der Waals surface area contributed by atoms with Crippen molar-refractivity contribution in [2.24, 2.45) is 0 Å². The van der Waals surface area contributed by atoms with Gasteiger partial charge < -0.3 is 9.30 Å². The fraction of sp³-hybridized carbons (Fsp3) is 0.286. The number of hydrogen-bond acceptors (Lipinski definition) is 4. The molecule has 0 unspecified atom stereocenters. The molecule has 28 heavy (non-hydrogen) atoms. The molecule has 3 rings (SSSR count). The van der Waals surface area contributed by atoms with E-state index in [1.807, 2.05) is 32.0 Å². The molecule has 0 aliphatic rings. The van der Waals surface area contributed by atoms with E-state index < -0.39 is 16.0 Å². The zero-order chi connectivity index (χ0) is 20.3. The van der Waals surface area contributed by atoms with Gasteiger partial charge in [-0.3, -0.25) is 0 Å². The highest BCUT2D eigenvalue weighted by molar-refractivity contribution is 7.89. The normalized spacial score (nSPS) is 11.7. The molecule has 0 aliphatic carbocycles. The highest BCUT2D eigenvalue weighted by Gasteiger charge is 2.19. The molecule has 148 valence electrons. The van der Waals surface area contributed by atoms with Crippen LogP contribution in [0.15, 0.2) is 53.4 Å². The summed E-state index contributed by atoms with van der Waals surface area (Å²) in [6, 6.07) is 14.3. The molecule has 0 saturated carbocycles. The van der Waals surface area contributed by atoms with Gasteiger partial charge in [-0.1, -0.05) is 29.8 Å². The van der Waals surface area contributed by atoms with E-state index in [2.05, 4.69) is 4.72 Å². The van der Waals surface area contributed by atoms with E-state index in [1.54, 1.807) is 41.8 Å². The molecular weight excluding hydrogens is 376 g/mol. The SMILES string of the molecule is CCOC(=O)c1cc2c(C)cccc2n1CCNS(=O)(=O)c1ccc(C)cc1. The van der Waals surface area contributed by atoms with E-state index in [9.17, 15) is 13.2 Å². The highest BCUT2D eigenvalue weighted by atomic mass is 32.2. The fourth-order valence-corrected chi connectivity index (χ4v) is 4.16. The number of aryl methyl sites for hydroxylation is 2. The lowest BCUT2D eigenvalue weighted by atomic mass is 10.1. The van der Waals surface area contributed by atoms with Crippen molar-refractivity contribution in [1.29, 1.82) is 0 Å². The lowest BCUT2D eigenvalue weighted by molar-refractivity contribution is 0.0514. The second-order valence-electron chi connectivity index (χ2n) is 6.62. The first kappa shape index (κ1) is 20.1. The molecule has 1 heterocycles. The van der Waals surface area contributed by atoms with E-state index in [0.29, 0.717) is 12.2 Å². The molecule has 0 spiro atoms. The Hall–Kier alpha value is -2.64. The second-order valence-corrected chi connectivity index (χ2v) is 8.39. The third-order valence-corrected chi connectivity index (χ3v) is 6.08. The molecule has 0 bridgehead atoms. The average molecular weight is 401 g/mol. The number of aromatic nitrogens is 1. The Morgan fingerprint density at radius 1 is 1.11 bits per heavy atom. The zero-order valence-electron chi connectivity index (χ0n) is 16.2. The van der Waals surface area contributed by atoms with Crippen molar-refractivity contribution in [3.63, 3.8) is 0 Å². The van der Waals surface area contributed by atoms with Crippen molar-refractivity contribution in [3.8, 4) is 0 Å². The van der Waals surface area contributed by atoms with E-state index in [-0.39, 0.29) is 18.0 Å². The number of nitrogens with one attached hydrogen (secondary N) is 1. The average Bonchev–Trinajstić information content (AvgIpc) is 3.02. The lowest BCUT2D eigenvalue weighted by Gasteiger charge is -2.12. The van der Waals surface area contributed by atoms with Gasteiger partial charge in [0, 0.05) is 24.0 Å². The Bertz CT molecular complexity index is 1100. The van der Waals surface area contributed by atoms with E-state index in [1.165, 1.54) is 0 Å². The quantitative estimate of drug-likeness (QED) is 0.617. The maximum atomic E-state index is 12.5. The van der Waals surface area contributed by atoms with Gasteiger partial charge in [0.25, 0.3) is 0 Å². The monoisotopic (exact) mass is 400 g/mol. The molecule has 2 aromatic carbocycles. The number of rotatable bonds is 7. The summed E-state index contributed by atoms with van der Waals surface area (Å²) in [5.74, 6) is -0.417. The number of benzene rings is 2. The molecular formula is C21H24N2O4S. The van der Waals surface area contributed by atoms with E-state index in [4.69, 9.17) is 4.74 Å². The van der Waals surface area contributed by atoms with Gasteiger partial charge in [0.05, 0.1) is 11.5 Å². The molecule has 0 aliphatic heterocycles. The summed E-state index contributed by atoms with van der Waals surface area (Å²) in [6.07, 6.45) is 0. The summed E-state index contributed by atoms with van der Waals surface area (Å²) < 4.78 is 34.6. The Morgan fingerprint density at radius 3 is 2.50 bits per heavy atom. The largest absolute Gasteiger partial charge is 0.461 e. The highest BCUT2D eigenvalue weighted by Crippen LogP contribution is 2.24. The maximum Gasteiger partial charge on any atom is 0.354 e. The maximum absolute atomic E-state index is 12.5. The van der Waals surface area contributed by atoms with Gasteiger partial charge in [-0.15, -0.1) is 0 Å². The minimum absolute atomic E-state index is 0.153. The number of nitrogens with zero attached hydrogens (tertiary/aromatic N) is 1. The zero-order valence-corrected chi connectivity index (χ0v) is 17.0. The number of carbonyl (C=O) groups excluding carboxylic acids is 1. The summed E-state index contributed by atoms with van der Waals surface area (Å²) in [5, 5.41) is 0.951. The third-order valence-electron chi connectivity index (χ3n) is 4.61. The number of carbonyl (C=O) groups is 1. The van der Waals surface area contributed by atoms with Gasteiger partial charge in [0.1, 0.15) is 5.69 Å². The third kappa shape index (κ3) is 4.10. The van der Waals surface area contributed by atoms with Crippen LogP contribution >= 0.6 is 0 Å². The predicted octanol–water partition coefficient (Wildman–Crippen LogP) is 3.41. The van der Waals surface area contributed by atoms with Crippen molar-refractivity contribution in [2.45, 2.75) is 32.2 Å². The first-order valence-corrected chi connectivity index (χ1v) is 10.6. The number of esters is 1. The topological polar surface area (TPSA) is 77.4 Å². The van der Waals surface area contributed by atoms with Crippen molar-refractivity contribution in [2.75, 3.05) is 13.2 Å². The Kier molecular flexibility index (Phi) is 5.86. The second kappa shape index (κ2) is 8.16. The van der Waals surface area contributed by atoms with Crippen LogP contribution in [0.5, 0.6) is 0 Å². The number of sulfonamides is 1. The molecule has 1 N–H and O–H groups in total. The van der Waals surface area contributed by atoms with Gasteiger partial charge >= 0.3 is 5.97 Å². The van der Waals surface area contributed by atoms with E-state index >= 15 is 0 Å². The van der Waals surface area contributed by atoms with Crippen LogP contribution < -0.4 is 4.72 Å². The smallest absolute Gasteiger partial charge is 0.354 e. The summed E-state index contributed by atoms with van der Waals surface area (Å²) in [5.41, 5.74) is 3.33. The van der Waals surface area contributed by atoms with Crippen LogP contribution in [0.2, 0.25) is 0 Å². The van der Waals surface area contributed by atoms with Gasteiger partial charge in [-0.25, -0.2) is 17.9 Å². The summed E-state index contributed by atoms with van der Waals surface area (Å²) in [6.45, 7) is 6.37. The van der Waals surface area contributed by atoms with Crippen molar-refractivity contribution in [3.05, 3.63) is 65.4 Å². The molecule has 0 radical (unpaired) electrons. The minimum Gasteiger partial charge on any atom is -0.461 e. The van der Waals surface area contributed by atoms with Crippen molar-refractivity contribution < 1.29 is 17.9 Å². The standard InChI is InChI=1S/C21H24N2O4S/c1-4-27-21(24)20-14-18-16(3)6-5-7-19(18)23(20)13-12-22-28(25,26)17-10-8-15(2)9-11-17/h5-11,14,22H,4,12-13H2,1-3H3. The number of hydrogen-bond donors (Lipinski definition) is 1. The summed E-state index contributed by atoms with van der Waals surface area (Å²) >= 11 is 0. The predicted molar refractivity (Wildman–Crippen MR) is 109 cm³/mol. The molecule has 0 atom stereocenters. The Labute approximate surface area is 165 Å². The van der Waals surface area contributed by atoms with Crippen LogP contribution in [0.3, 0.4) is 0 Å². The van der Waals surface area contributed by atoms with Crippen LogP contribution in [0.1, 0.15) is 28.5 Å². The number of ether oxygens (including phenoxy) is 1. The minimum atomic E-state index is -3.61. The molecule has 1 aromatic heterocycles. The number of fused-ring (bicyclic) bond motifs is 1. The van der Waals surface area contributed by atoms with Crippen molar-refractivity contribution >= 4 is 26.9 Å².